The lowest BCUT2D eigenvalue weighted by Crippen LogP contribution is -2.27. The third-order valence-corrected chi connectivity index (χ3v) is 3.92. The van der Waals surface area contributed by atoms with Gasteiger partial charge in [-0.15, -0.1) is 0 Å². The Morgan fingerprint density at radius 3 is 2.48 bits per heavy atom. The van der Waals surface area contributed by atoms with E-state index in [1.165, 1.54) is 11.1 Å². The van der Waals surface area contributed by atoms with Gasteiger partial charge in [-0.1, -0.05) is 31.2 Å². The van der Waals surface area contributed by atoms with Crippen LogP contribution in [0, 0.1) is 0 Å². The van der Waals surface area contributed by atoms with Crippen molar-refractivity contribution in [3.63, 3.8) is 0 Å². The molecule has 0 saturated carbocycles. The monoisotopic (exact) mass is 282 g/mol. The summed E-state index contributed by atoms with van der Waals surface area (Å²) in [6, 6.07) is 8.74. The maximum absolute atomic E-state index is 4.69. The molecule has 0 amide bonds. The van der Waals surface area contributed by atoms with E-state index >= 15 is 0 Å². The fourth-order valence-electron chi connectivity index (χ4n) is 2.74. The fraction of sp³-hybridized carbons (Fsp3) is 0.412. The number of nitrogens with zero attached hydrogens (tertiary/aromatic N) is 3. The molecule has 4 heteroatoms. The van der Waals surface area contributed by atoms with Gasteiger partial charge in [-0.3, -0.25) is 4.98 Å². The van der Waals surface area contributed by atoms with Gasteiger partial charge in [0.15, 0.2) is 0 Å². The van der Waals surface area contributed by atoms with Gasteiger partial charge in [-0.2, -0.15) is 0 Å². The molecule has 0 aliphatic carbocycles. The SMILES string of the molecule is CCCNc1cncc(N2CCc3ccccc3CC2)n1. The Morgan fingerprint density at radius 2 is 1.81 bits per heavy atom. The van der Waals surface area contributed by atoms with Crippen LogP contribution < -0.4 is 10.2 Å². The van der Waals surface area contributed by atoms with E-state index in [4.69, 9.17) is 4.98 Å². The van der Waals surface area contributed by atoms with Crippen molar-refractivity contribution in [1.29, 1.82) is 0 Å². The molecule has 1 N–H and O–H groups in total. The van der Waals surface area contributed by atoms with E-state index in [0.717, 1.165) is 50.5 Å². The Bertz CT molecular complexity index is 570. The zero-order chi connectivity index (χ0) is 14.5. The van der Waals surface area contributed by atoms with E-state index in [0.29, 0.717) is 0 Å². The molecule has 1 aromatic heterocycles. The normalized spacial score (nSPS) is 14.4. The molecule has 0 radical (unpaired) electrons. The third kappa shape index (κ3) is 3.32. The predicted octanol–water partition coefficient (Wildman–Crippen LogP) is 2.90. The van der Waals surface area contributed by atoms with Gasteiger partial charge in [-0.05, 0) is 30.4 Å². The van der Waals surface area contributed by atoms with Gasteiger partial charge < -0.3 is 10.2 Å². The molecular formula is C17H22N4. The highest BCUT2D eigenvalue weighted by atomic mass is 15.2. The summed E-state index contributed by atoms with van der Waals surface area (Å²) >= 11 is 0. The Hall–Kier alpha value is -2.10. The second-order valence-corrected chi connectivity index (χ2v) is 5.45. The minimum absolute atomic E-state index is 0.871. The largest absolute Gasteiger partial charge is 0.369 e. The highest BCUT2D eigenvalue weighted by Gasteiger charge is 2.15. The topological polar surface area (TPSA) is 41.1 Å². The van der Waals surface area contributed by atoms with E-state index in [2.05, 4.69) is 46.4 Å². The van der Waals surface area contributed by atoms with Crippen LogP contribution in [0.1, 0.15) is 24.5 Å². The molecule has 0 atom stereocenters. The highest BCUT2D eigenvalue weighted by Crippen LogP contribution is 2.20. The lowest BCUT2D eigenvalue weighted by atomic mass is 10.0. The number of fused-ring (bicyclic) bond motifs is 1. The van der Waals surface area contributed by atoms with E-state index in [1.54, 1.807) is 6.20 Å². The smallest absolute Gasteiger partial charge is 0.149 e. The number of hydrogen-bond donors (Lipinski definition) is 1. The van der Waals surface area contributed by atoms with Gasteiger partial charge in [0.05, 0.1) is 12.4 Å². The van der Waals surface area contributed by atoms with Crippen molar-refractivity contribution in [1.82, 2.24) is 9.97 Å². The molecule has 0 unspecified atom stereocenters. The maximum atomic E-state index is 4.69. The minimum Gasteiger partial charge on any atom is -0.369 e. The second kappa shape index (κ2) is 6.57. The van der Waals surface area contributed by atoms with Crippen molar-refractivity contribution in [3.8, 4) is 0 Å². The van der Waals surface area contributed by atoms with Crippen molar-refractivity contribution < 1.29 is 0 Å². The summed E-state index contributed by atoms with van der Waals surface area (Å²) in [5.74, 6) is 1.85. The lowest BCUT2D eigenvalue weighted by Gasteiger charge is -2.21. The van der Waals surface area contributed by atoms with Crippen LogP contribution in [0.3, 0.4) is 0 Å². The summed E-state index contributed by atoms with van der Waals surface area (Å²) in [6.07, 6.45) is 6.90. The summed E-state index contributed by atoms with van der Waals surface area (Å²) in [5.41, 5.74) is 2.93. The molecule has 2 aromatic rings. The lowest BCUT2D eigenvalue weighted by molar-refractivity contribution is 0.787. The van der Waals surface area contributed by atoms with Crippen LogP contribution in [-0.4, -0.2) is 29.6 Å². The molecule has 0 fully saturated rings. The Labute approximate surface area is 126 Å². The number of aromatic nitrogens is 2. The van der Waals surface area contributed by atoms with E-state index < -0.39 is 0 Å². The first-order valence-electron chi connectivity index (χ1n) is 7.74. The van der Waals surface area contributed by atoms with Gasteiger partial charge in [0, 0.05) is 19.6 Å². The van der Waals surface area contributed by atoms with Crippen molar-refractivity contribution in [2.75, 3.05) is 29.9 Å². The molecule has 1 aliphatic rings. The summed E-state index contributed by atoms with van der Waals surface area (Å²) in [5, 5.41) is 3.31. The molecular weight excluding hydrogens is 260 g/mol. The fourth-order valence-corrected chi connectivity index (χ4v) is 2.74. The Balaban J connectivity index is 1.73. The van der Waals surface area contributed by atoms with Crippen LogP contribution in [0.5, 0.6) is 0 Å². The number of anilines is 2. The number of rotatable bonds is 4. The quantitative estimate of drug-likeness (QED) is 0.936. The highest BCUT2D eigenvalue weighted by molar-refractivity contribution is 5.45. The summed E-state index contributed by atoms with van der Waals surface area (Å²) in [4.78, 5) is 11.4. The Morgan fingerprint density at radius 1 is 1.10 bits per heavy atom. The molecule has 21 heavy (non-hydrogen) atoms. The first kappa shape index (κ1) is 13.9. The van der Waals surface area contributed by atoms with E-state index in [9.17, 15) is 0 Å². The van der Waals surface area contributed by atoms with Gasteiger partial charge in [0.2, 0.25) is 0 Å². The van der Waals surface area contributed by atoms with Crippen LogP contribution in [-0.2, 0) is 12.8 Å². The molecule has 3 rings (SSSR count). The van der Waals surface area contributed by atoms with Gasteiger partial charge in [-0.25, -0.2) is 4.98 Å². The van der Waals surface area contributed by atoms with Gasteiger partial charge in [0.1, 0.15) is 11.6 Å². The van der Waals surface area contributed by atoms with E-state index in [1.807, 2.05) is 6.20 Å². The van der Waals surface area contributed by atoms with Crippen molar-refractivity contribution in [2.24, 2.45) is 0 Å². The molecule has 4 nitrogen and oxygen atoms in total. The first-order valence-corrected chi connectivity index (χ1v) is 7.74. The Kier molecular flexibility index (Phi) is 4.34. The number of nitrogens with one attached hydrogen (secondary N) is 1. The molecule has 1 aliphatic heterocycles. The summed E-state index contributed by atoms with van der Waals surface area (Å²) < 4.78 is 0. The number of benzene rings is 1. The average molecular weight is 282 g/mol. The van der Waals surface area contributed by atoms with Crippen LogP contribution in [0.15, 0.2) is 36.7 Å². The first-order chi connectivity index (χ1) is 10.4. The van der Waals surface area contributed by atoms with E-state index in [-0.39, 0.29) is 0 Å². The van der Waals surface area contributed by atoms with Crippen LogP contribution in [0.25, 0.3) is 0 Å². The maximum Gasteiger partial charge on any atom is 0.149 e. The average Bonchev–Trinajstić information content (AvgIpc) is 2.76. The summed E-state index contributed by atoms with van der Waals surface area (Å²) in [7, 11) is 0. The zero-order valence-electron chi connectivity index (χ0n) is 12.5. The molecule has 0 saturated heterocycles. The van der Waals surface area contributed by atoms with Crippen molar-refractivity contribution >= 4 is 11.6 Å². The molecule has 2 heterocycles. The standard InChI is InChI=1S/C17H22N4/c1-2-9-19-16-12-18-13-17(20-16)21-10-7-14-5-3-4-6-15(14)8-11-21/h3-6,12-13H,2,7-11H2,1H3,(H,19,20). The van der Waals surface area contributed by atoms with Crippen LogP contribution in [0.2, 0.25) is 0 Å². The van der Waals surface area contributed by atoms with Crippen LogP contribution in [0.4, 0.5) is 11.6 Å². The minimum atomic E-state index is 0.871. The predicted molar refractivity (Wildman–Crippen MR) is 86.9 cm³/mol. The molecule has 0 bridgehead atoms. The third-order valence-electron chi connectivity index (χ3n) is 3.92. The van der Waals surface area contributed by atoms with Gasteiger partial charge >= 0.3 is 0 Å². The second-order valence-electron chi connectivity index (χ2n) is 5.45. The zero-order valence-corrected chi connectivity index (χ0v) is 12.5. The summed E-state index contributed by atoms with van der Waals surface area (Å²) in [6.45, 7) is 5.09. The van der Waals surface area contributed by atoms with Crippen molar-refractivity contribution in [3.05, 3.63) is 47.8 Å². The molecule has 1 aromatic carbocycles. The molecule has 110 valence electrons. The van der Waals surface area contributed by atoms with Gasteiger partial charge in [0.25, 0.3) is 0 Å². The van der Waals surface area contributed by atoms with Crippen molar-refractivity contribution in [2.45, 2.75) is 26.2 Å². The van der Waals surface area contributed by atoms with Crippen LogP contribution >= 0.6 is 0 Å². The molecule has 0 spiro atoms. The number of hydrogen-bond acceptors (Lipinski definition) is 4.